The largest absolute Gasteiger partial charge is 0.315 e. The molecule has 1 aliphatic heterocycles. The van der Waals surface area contributed by atoms with Crippen molar-refractivity contribution in [1.82, 2.24) is 10.6 Å². The fraction of sp³-hybridized carbons (Fsp3) is 1.00. The molecule has 2 N–H and O–H groups in total. The zero-order valence-corrected chi connectivity index (χ0v) is 9.46. The van der Waals surface area contributed by atoms with Crippen molar-refractivity contribution in [2.75, 3.05) is 31.1 Å². The average molecular weight is 202 g/mol. The quantitative estimate of drug-likeness (QED) is 0.638. The molecule has 0 aliphatic carbocycles. The molecule has 1 aliphatic rings. The summed E-state index contributed by atoms with van der Waals surface area (Å²) in [7, 11) is 0. The Labute approximate surface area is 86.2 Å². The number of hydrogen-bond acceptors (Lipinski definition) is 3. The molecule has 0 bridgehead atoms. The summed E-state index contributed by atoms with van der Waals surface area (Å²) in [6.07, 6.45) is 3.99. The zero-order chi connectivity index (χ0) is 9.36. The van der Waals surface area contributed by atoms with E-state index in [2.05, 4.69) is 29.3 Å². The molecule has 1 atom stereocenters. The van der Waals surface area contributed by atoms with Crippen LogP contribution in [-0.4, -0.2) is 37.2 Å². The molecular weight excluding hydrogens is 180 g/mol. The molecule has 2 nitrogen and oxygen atoms in total. The van der Waals surface area contributed by atoms with Crippen LogP contribution in [0.5, 0.6) is 0 Å². The van der Waals surface area contributed by atoms with E-state index in [1.165, 1.54) is 50.4 Å². The second kappa shape index (κ2) is 7.65. The molecule has 0 amide bonds. The van der Waals surface area contributed by atoms with E-state index < -0.39 is 0 Å². The van der Waals surface area contributed by atoms with Crippen LogP contribution >= 0.6 is 11.8 Å². The summed E-state index contributed by atoms with van der Waals surface area (Å²) in [6.45, 7) is 5.80. The van der Waals surface area contributed by atoms with Crippen molar-refractivity contribution >= 4 is 11.8 Å². The first-order chi connectivity index (χ1) is 6.43. The third-order valence-electron chi connectivity index (χ3n) is 2.32. The lowest BCUT2D eigenvalue weighted by Crippen LogP contribution is -2.43. The van der Waals surface area contributed by atoms with E-state index in [1.807, 2.05) is 0 Å². The van der Waals surface area contributed by atoms with Gasteiger partial charge in [-0.3, -0.25) is 0 Å². The van der Waals surface area contributed by atoms with Gasteiger partial charge in [-0.2, -0.15) is 11.8 Å². The molecule has 0 unspecified atom stereocenters. The summed E-state index contributed by atoms with van der Waals surface area (Å²) in [5.41, 5.74) is 0. The van der Waals surface area contributed by atoms with Crippen molar-refractivity contribution in [3.8, 4) is 0 Å². The Morgan fingerprint density at radius 1 is 1.46 bits per heavy atom. The average Bonchev–Trinajstić information content (AvgIpc) is 2.19. The Morgan fingerprint density at radius 2 is 2.38 bits per heavy atom. The van der Waals surface area contributed by atoms with E-state index in [0.29, 0.717) is 0 Å². The van der Waals surface area contributed by atoms with Gasteiger partial charge in [0.1, 0.15) is 0 Å². The van der Waals surface area contributed by atoms with Crippen molar-refractivity contribution in [2.24, 2.45) is 0 Å². The van der Waals surface area contributed by atoms with Crippen LogP contribution in [0, 0.1) is 0 Å². The molecule has 0 aromatic carbocycles. The molecule has 0 spiro atoms. The van der Waals surface area contributed by atoms with Gasteiger partial charge in [-0.25, -0.2) is 0 Å². The second-order valence-corrected chi connectivity index (χ2v) is 4.83. The predicted octanol–water partition coefficient (Wildman–Crippen LogP) is 1.47. The number of thioether (sulfide) groups is 1. The van der Waals surface area contributed by atoms with Gasteiger partial charge in [0, 0.05) is 24.9 Å². The highest BCUT2D eigenvalue weighted by Gasteiger charge is 2.10. The minimum absolute atomic E-state index is 0.732. The van der Waals surface area contributed by atoms with Gasteiger partial charge in [-0.1, -0.05) is 6.92 Å². The third kappa shape index (κ3) is 5.55. The molecule has 3 heteroatoms. The minimum Gasteiger partial charge on any atom is -0.315 e. The van der Waals surface area contributed by atoms with E-state index >= 15 is 0 Å². The fourth-order valence-corrected chi connectivity index (χ4v) is 2.36. The smallest absolute Gasteiger partial charge is 0.0193 e. The van der Waals surface area contributed by atoms with Gasteiger partial charge in [0.2, 0.25) is 0 Å². The van der Waals surface area contributed by atoms with Crippen LogP contribution in [0.4, 0.5) is 0 Å². The molecule has 1 saturated heterocycles. The van der Waals surface area contributed by atoms with Crippen molar-refractivity contribution < 1.29 is 0 Å². The SMILES string of the molecule is CCCSCCN[C@@H]1CCCNC1. The molecule has 13 heavy (non-hydrogen) atoms. The van der Waals surface area contributed by atoms with Crippen molar-refractivity contribution in [2.45, 2.75) is 32.2 Å². The van der Waals surface area contributed by atoms with Gasteiger partial charge >= 0.3 is 0 Å². The first kappa shape index (κ1) is 11.3. The van der Waals surface area contributed by atoms with E-state index in [0.717, 1.165) is 6.04 Å². The van der Waals surface area contributed by atoms with Crippen molar-refractivity contribution in [3.63, 3.8) is 0 Å². The predicted molar refractivity (Wildman–Crippen MR) is 61.5 cm³/mol. The maximum atomic E-state index is 3.60. The van der Waals surface area contributed by atoms with Gasteiger partial charge in [-0.05, 0) is 31.6 Å². The molecular formula is C10H22N2S. The normalized spacial score (nSPS) is 23.3. The lowest BCUT2D eigenvalue weighted by molar-refractivity contribution is 0.398. The van der Waals surface area contributed by atoms with Crippen molar-refractivity contribution in [1.29, 1.82) is 0 Å². The molecule has 0 aromatic rings. The molecule has 78 valence electrons. The first-order valence-electron chi connectivity index (χ1n) is 5.45. The summed E-state index contributed by atoms with van der Waals surface area (Å²) in [4.78, 5) is 0. The zero-order valence-electron chi connectivity index (χ0n) is 8.64. The van der Waals surface area contributed by atoms with Crippen LogP contribution < -0.4 is 10.6 Å². The molecule has 0 saturated carbocycles. The molecule has 0 radical (unpaired) electrons. The first-order valence-corrected chi connectivity index (χ1v) is 6.60. The highest BCUT2D eigenvalue weighted by atomic mass is 32.2. The summed E-state index contributed by atoms with van der Waals surface area (Å²) in [5, 5.41) is 7.01. The van der Waals surface area contributed by atoms with E-state index in [4.69, 9.17) is 0 Å². The lowest BCUT2D eigenvalue weighted by atomic mass is 10.1. The fourth-order valence-electron chi connectivity index (χ4n) is 1.61. The number of hydrogen-bond donors (Lipinski definition) is 2. The topological polar surface area (TPSA) is 24.1 Å². The highest BCUT2D eigenvalue weighted by Crippen LogP contribution is 2.03. The van der Waals surface area contributed by atoms with Crippen molar-refractivity contribution in [3.05, 3.63) is 0 Å². The minimum atomic E-state index is 0.732. The third-order valence-corrected chi connectivity index (χ3v) is 3.51. The van der Waals surface area contributed by atoms with Gasteiger partial charge in [0.15, 0.2) is 0 Å². The van der Waals surface area contributed by atoms with Crippen LogP contribution in [0.1, 0.15) is 26.2 Å². The molecule has 1 heterocycles. The number of piperidine rings is 1. The number of nitrogens with one attached hydrogen (secondary N) is 2. The van der Waals surface area contributed by atoms with Gasteiger partial charge < -0.3 is 10.6 Å². The maximum Gasteiger partial charge on any atom is 0.0193 e. The highest BCUT2D eigenvalue weighted by molar-refractivity contribution is 7.99. The second-order valence-electron chi connectivity index (χ2n) is 3.61. The maximum absolute atomic E-state index is 3.60. The Balaban J connectivity index is 1.86. The monoisotopic (exact) mass is 202 g/mol. The van der Waals surface area contributed by atoms with E-state index in [9.17, 15) is 0 Å². The number of rotatable bonds is 6. The van der Waals surface area contributed by atoms with E-state index in [-0.39, 0.29) is 0 Å². The van der Waals surface area contributed by atoms with Crippen LogP contribution in [-0.2, 0) is 0 Å². The van der Waals surface area contributed by atoms with Gasteiger partial charge in [0.25, 0.3) is 0 Å². The molecule has 1 rings (SSSR count). The van der Waals surface area contributed by atoms with E-state index in [1.54, 1.807) is 0 Å². The summed E-state index contributed by atoms with van der Waals surface area (Å²) in [6, 6.07) is 0.732. The van der Waals surface area contributed by atoms with Crippen LogP contribution in [0.15, 0.2) is 0 Å². The Bertz CT molecular complexity index is 113. The summed E-state index contributed by atoms with van der Waals surface area (Å²) in [5.74, 6) is 2.58. The van der Waals surface area contributed by atoms with Gasteiger partial charge in [0.05, 0.1) is 0 Å². The molecule has 1 fully saturated rings. The Hall–Kier alpha value is 0.270. The van der Waals surface area contributed by atoms with Crippen LogP contribution in [0.2, 0.25) is 0 Å². The lowest BCUT2D eigenvalue weighted by Gasteiger charge is -2.23. The summed E-state index contributed by atoms with van der Waals surface area (Å²) < 4.78 is 0. The summed E-state index contributed by atoms with van der Waals surface area (Å²) >= 11 is 2.06. The Morgan fingerprint density at radius 3 is 3.08 bits per heavy atom. The van der Waals surface area contributed by atoms with Crippen LogP contribution in [0.3, 0.4) is 0 Å². The molecule has 0 aromatic heterocycles. The van der Waals surface area contributed by atoms with Gasteiger partial charge in [-0.15, -0.1) is 0 Å². The van der Waals surface area contributed by atoms with Crippen LogP contribution in [0.25, 0.3) is 0 Å². The Kier molecular flexibility index (Phi) is 6.68. The standard InChI is InChI=1S/C10H22N2S/c1-2-7-13-8-6-12-10-4-3-5-11-9-10/h10-12H,2-9H2,1H3/t10-/m1/s1.